The highest BCUT2D eigenvalue weighted by Crippen LogP contribution is 2.52. The molecule has 0 spiro atoms. The molecule has 2 heterocycles. The molecule has 4 atom stereocenters. The lowest BCUT2D eigenvalue weighted by atomic mass is 9.92. The molecule has 39 heavy (non-hydrogen) atoms. The van der Waals surface area contributed by atoms with Crippen molar-refractivity contribution in [2.75, 3.05) is 39.3 Å². The van der Waals surface area contributed by atoms with Crippen molar-refractivity contribution >= 4 is 10.9 Å². The highest BCUT2D eigenvalue weighted by atomic mass is 19.2. The number of aliphatic hydroxyl groups excluding tert-OH is 1. The van der Waals surface area contributed by atoms with Gasteiger partial charge in [-0.1, -0.05) is 42.5 Å². The zero-order valence-electron chi connectivity index (χ0n) is 21.6. The lowest BCUT2D eigenvalue weighted by Crippen LogP contribution is -2.50. The molecule has 5 nitrogen and oxygen atoms in total. The van der Waals surface area contributed by atoms with E-state index in [1.54, 1.807) is 18.3 Å². The first kappa shape index (κ1) is 24.6. The summed E-state index contributed by atoms with van der Waals surface area (Å²) < 4.78 is 37.0. The highest BCUT2D eigenvalue weighted by Gasteiger charge is 2.42. The molecule has 1 fully saturated rings. The van der Waals surface area contributed by atoms with Crippen molar-refractivity contribution in [3.63, 3.8) is 0 Å². The number of nitrogens with zero attached hydrogens (tertiary/aromatic N) is 3. The van der Waals surface area contributed by atoms with Crippen molar-refractivity contribution < 1.29 is 18.6 Å². The predicted molar refractivity (Wildman–Crippen MR) is 146 cm³/mol. The second kappa shape index (κ2) is 9.97. The van der Waals surface area contributed by atoms with Crippen LogP contribution in [0.5, 0.6) is 5.75 Å². The maximum Gasteiger partial charge on any atom is 0.161 e. The summed E-state index contributed by atoms with van der Waals surface area (Å²) >= 11 is 0. The van der Waals surface area contributed by atoms with Gasteiger partial charge in [-0.3, -0.25) is 14.8 Å². The second-order valence-corrected chi connectivity index (χ2v) is 10.8. The van der Waals surface area contributed by atoms with Gasteiger partial charge in [-0.05, 0) is 64.1 Å². The molecular weight excluding hydrogens is 496 g/mol. The summed E-state index contributed by atoms with van der Waals surface area (Å²) in [7, 11) is 0. The van der Waals surface area contributed by atoms with Crippen molar-refractivity contribution in [2.45, 2.75) is 30.9 Å². The smallest absolute Gasteiger partial charge is 0.161 e. The van der Waals surface area contributed by atoms with Crippen LogP contribution in [-0.2, 0) is 6.42 Å². The Balaban J connectivity index is 1.05. The second-order valence-electron chi connectivity index (χ2n) is 10.8. The van der Waals surface area contributed by atoms with E-state index >= 15 is 8.78 Å². The maximum atomic E-state index is 15.6. The fourth-order valence-electron chi connectivity index (χ4n) is 6.41. The molecule has 2 aliphatic carbocycles. The van der Waals surface area contributed by atoms with Crippen LogP contribution in [0.2, 0.25) is 0 Å². The summed E-state index contributed by atoms with van der Waals surface area (Å²) in [6.07, 6.45) is -1.43. The number of aliphatic hydroxyl groups is 1. The molecular formula is C32H31F2N3O2. The van der Waals surface area contributed by atoms with E-state index < -0.39 is 18.4 Å². The van der Waals surface area contributed by atoms with E-state index in [9.17, 15) is 5.11 Å². The number of ether oxygens (including phenoxy) is 1. The van der Waals surface area contributed by atoms with Gasteiger partial charge in [0.2, 0.25) is 0 Å². The quantitative estimate of drug-likeness (QED) is 0.324. The van der Waals surface area contributed by atoms with Crippen LogP contribution < -0.4 is 4.74 Å². The molecule has 0 radical (unpaired) electrons. The Labute approximate surface area is 226 Å². The fourth-order valence-corrected chi connectivity index (χ4v) is 6.41. The Hall–Kier alpha value is -3.39. The fraction of sp³-hybridized carbons (Fsp3) is 0.344. The van der Waals surface area contributed by atoms with Gasteiger partial charge in [0.25, 0.3) is 0 Å². The van der Waals surface area contributed by atoms with Gasteiger partial charge in [0.05, 0.1) is 11.6 Å². The number of benzene rings is 3. The first-order valence-corrected chi connectivity index (χ1v) is 13.7. The van der Waals surface area contributed by atoms with Crippen molar-refractivity contribution in [2.24, 2.45) is 0 Å². The van der Waals surface area contributed by atoms with Gasteiger partial charge in [-0.2, -0.15) is 0 Å². The van der Waals surface area contributed by atoms with Crippen LogP contribution in [0.1, 0.15) is 51.8 Å². The Bertz CT molecular complexity index is 1520. The Morgan fingerprint density at radius 3 is 2.54 bits per heavy atom. The van der Waals surface area contributed by atoms with E-state index in [0.717, 1.165) is 65.8 Å². The van der Waals surface area contributed by atoms with Gasteiger partial charge < -0.3 is 9.84 Å². The minimum atomic E-state index is -1.66. The van der Waals surface area contributed by atoms with E-state index in [4.69, 9.17) is 4.74 Å². The molecule has 7 heteroatoms. The van der Waals surface area contributed by atoms with Crippen LogP contribution in [0, 0.1) is 0 Å². The number of halogens is 2. The van der Waals surface area contributed by atoms with Crippen LogP contribution in [0.25, 0.3) is 10.9 Å². The highest BCUT2D eigenvalue weighted by molar-refractivity contribution is 5.84. The number of piperazine rings is 1. The first-order chi connectivity index (χ1) is 19.1. The number of hydrogen-bond acceptors (Lipinski definition) is 5. The summed E-state index contributed by atoms with van der Waals surface area (Å²) in [5, 5.41) is 11.7. The lowest BCUT2D eigenvalue weighted by molar-refractivity contribution is 0.0403. The predicted octanol–water partition coefficient (Wildman–Crippen LogP) is 5.32. The normalized spacial score (nSPS) is 23.4. The van der Waals surface area contributed by atoms with E-state index in [1.807, 2.05) is 48.5 Å². The summed E-state index contributed by atoms with van der Waals surface area (Å²) in [5.41, 5.74) is 5.77. The van der Waals surface area contributed by atoms with E-state index in [2.05, 4.69) is 20.9 Å². The molecule has 200 valence electrons. The molecule has 0 amide bonds. The van der Waals surface area contributed by atoms with Crippen LogP contribution in [0.3, 0.4) is 0 Å². The van der Waals surface area contributed by atoms with Crippen LogP contribution in [-0.4, -0.2) is 65.3 Å². The molecule has 1 aliphatic heterocycles. The molecule has 0 bridgehead atoms. The number of rotatable bonds is 6. The zero-order valence-corrected chi connectivity index (χ0v) is 21.6. The number of pyridine rings is 1. The summed E-state index contributed by atoms with van der Waals surface area (Å²) in [6, 6.07) is 20.9. The number of aromatic nitrogens is 1. The Morgan fingerprint density at radius 1 is 0.872 bits per heavy atom. The molecule has 4 aromatic rings. The summed E-state index contributed by atoms with van der Waals surface area (Å²) in [5.74, 6) is 0.715. The van der Waals surface area contributed by atoms with Gasteiger partial charge in [-0.25, -0.2) is 8.78 Å². The third-order valence-electron chi connectivity index (χ3n) is 8.42. The first-order valence-electron chi connectivity index (χ1n) is 13.7. The number of fused-ring (bicyclic) bond motifs is 5. The van der Waals surface area contributed by atoms with Gasteiger partial charge in [0.15, 0.2) is 12.3 Å². The van der Waals surface area contributed by atoms with Gasteiger partial charge in [-0.15, -0.1) is 0 Å². The minimum Gasteiger partial charge on any atom is -0.490 e. The molecule has 7 rings (SSSR count). The van der Waals surface area contributed by atoms with Crippen molar-refractivity contribution in [1.82, 2.24) is 14.8 Å². The molecule has 0 saturated carbocycles. The third kappa shape index (κ3) is 4.48. The van der Waals surface area contributed by atoms with Crippen LogP contribution >= 0.6 is 0 Å². The topological polar surface area (TPSA) is 48.8 Å². The maximum absolute atomic E-state index is 15.6. The van der Waals surface area contributed by atoms with Gasteiger partial charge in [0.1, 0.15) is 18.5 Å². The Kier molecular flexibility index (Phi) is 6.30. The molecule has 3 aromatic carbocycles. The van der Waals surface area contributed by atoms with Crippen molar-refractivity contribution in [3.8, 4) is 5.75 Å². The van der Waals surface area contributed by atoms with E-state index in [-0.39, 0.29) is 12.6 Å². The molecule has 1 aromatic heterocycles. The minimum absolute atomic E-state index is 0.184. The third-order valence-corrected chi connectivity index (χ3v) is 8.42. The SMILES string of the molecule is O[C@@H](COc1cccc2ncccc12)CN1CCN(C2c3ccccc3C(F)C(F)c3c2ccc2c3C2)CC1. The molecule has 1 saturated heterocycles. The van der Waals surface area contributed by atoms with Gasteiger partial charge >= 0.3 is 0 Å². The number of hydrogen-bond donors (Lipinski definition) is 1. The van der Waals surface area contributed by atoms with Crippen molar-refractivity contribution in [3.05, 3.63) is 106 Å². The average Bonchev–Trinajstić information content (AvgIpc) is 3.77. The lowest BCUT2D eigenvalue weighted by Gasteiger charge is -2.40. The Morgan fingerprint density at radius 2 is 1.69 bits per heavy atom. The summed E-state index contributed by atoms with van der Waals surface area (Å²) in [6.45, 7) is 3.69. The van der Waals surface area contributed by atoms with Gasteiger partial charge in [0, 0.05) is 44.3 Å². The number of β-amino-alcohol motifs (C(OH)–C–C–N with tert-alkyl or cyclic N) is 1. The molecule has 3 aliphatic rings. The van der Waals surface area contributed by atoms with Crippen molar-refractivity contribution in [1.29, 1.82) is 0 Å². The van der Waals surface area contributed by atoms with E-state index in [1.165, 1.54) is 0 Å². The molecule has 1 N–H and O–H groups in total. The van der Waals surface area contributed by atoms with Crippen LogP contribution in [0.15, 0.2) is 72.9 Å². The standard InChI is InChI=1S/C32H31F2N3O2/c33-30-22-5-1-2-6-23(22)32(25-11-10-20-17-26(20)29(25)31(30)34)37-15-13-36(14-16-37)18-21(38)19-39-28-9-3-8-27-24(28)7-4-12-35-27/h1-12,21,30-32,38H,13-19H2/t21-,30?,31?,32?/m1/s1. The average molecular weight is 528 g/mol. The zero-order chi connectivity index (χ0) is 26.5. The molecule has 3 unspecified atom stereocenters. The summed E-state index contributed by atoms with van der Waals surface area (Å²) in [4.78, 5) is 8.95. The van der Waals surface area contributed by atoms with Crippen LogP contribution in [0.4, 0.5) is 8.78 Å². The monoisotopic (exact) mass is 527 g/mol. The van der Waals surface area contributed by atoms with E-state index in [0.29, 0.717) is 23.4 Å². The number of alkyl halides is 2. The largest absolute Gasteiger partial charge is 0.490 e.